The van der Waals surface area contributed by atoms with Gasteiger partial charge in [-0.25, -0.2) is 4.39 Å². The van der Waals surface area contributed by atoms with E-state index < -0.39 is 29.2 Å². The molecule has 0 aromatic heterocycles. The molecule has 0 bridgehead atoms. The van der Waals surface area contributed by atoms with Crippen LogP contribution in [0.3, 0.4) is 0 Å². The lowest BCUT2D eigenvalue weighted by Gasteiger charge is -2.33. The van der Waals surface area contributed by atoms with E-state index >= 15 is 0 Å². The summed E-state index contributed by atoms with van der Waals surface area (Å²) < 4.78 is 53.1. The fourth-order valence-electron chi connectivity index (χ4n) is 3.52. The molecule has 1 aliphatic rings. The standard InChI is InChI=1S/C20H19F4N3O/c21-13-5-6-17(25)15(11-13)18(26)19(28)27-9-7-12(8-10-27)14-3-1-2-4-16(14)20(22,23)24/h1-6,11-12,26H,7-10,25H2. The number of hydrogen-bond acceptors (Lipinski definition) is 3. The largest absolute Gasteiger partial charge is 0.416 e. The molecular formula is C20H19F4N3O. The summed E-state index contributed by atoms with van der Waals surface area (Å²) in [7, 11) is 0. The lowest BCUT2D eigenvalue weighted by Crippen LogP contribution is -2.42. The van der Waals surface area contributed by atoms with Crippen LogP contribution in [-0.2, 0) is 11.0 Å². The molecule has 28 heavy (non-hydrogen) atoms. The molecule has 0 aliphatic carbocycles. The van der Waals surface area contributed by atoms with E-state index in [1.54, 1.807) is 6.07 Å². The first kappa shape index (κ1) is 19.9. The highest BCUT2D eigenvalue weighted by Gasteiger charge is 2.36. The molecule has 1 aliphatic heterocycles. The number of hydrogen-bond donors (Lipinski definition) is 2. The maximum Gasteiger partial charge on any atom is 0.416 e. The summed E-state index contributed by atoms with van der Waals surface area (Å²) in [6.07, 6.45) is -3.73. The van der Waals surface area contributed by atoms with Crippen LogP contribution in [0.5, 0.6) is 0 Å². The Morgan fingerprint density at radius 2 is 1.75 bits per heavy atom. The zero-order valence-corrected chi connectivity index (χ0v) is 14.9. The Morgan fingerprint density at radius 1 is 1.11 bits per heavy atom. The Bertz CT molecular complexity index is 903. The van der Waals surface area contributed by atoms with Gasteiger partial charge in [-0.3, -0.25) is 10.2 Å². The van der Waals surface area contributed by atoms with Gasteiger partial charge in [0, 0.05) is 24.3 Å². The van der Waals surface area contributed by atoms with Crippen LogP contribution in [0.1, 0.15) is 35.4 Å². The van der Waals surface area contributed by atoms with Gasteiger partial charge in [-0.1, -0.05) is 18.2 Å². The summed E-state index contributed by atoms with van der Waals surface area (Å²) in [4.78, 5) is 14.0. The van der Waals surface area contributed by atoms with Crippen molar-refractivity contribution in [2.75, 3.05) is 18.8 Å². The quantitative estimate of drug-likeness (QED) is 0.466. The van der Waals surface area contributed by atoms with Crippen molar-refractivity contribution < 1.29 is 22.4 Å². The Hall–Kier alpha value is -2.90. The number of likely N-dealkylation sites (tertiary alicyclic amines) is 1. The molecule has 2 aromatic rings. The van der Waals surface area contributed by atoms with Crippen LogP contribution in [0.15, 0.2) is 42.5 Å². The van der Waals surface area contributed by atoms with Gasteiger partial charge in [0.05, 0.1) is 5.56 Å². The summed E-state index contributed by atoms with van der Waals surface area (Å²) in [6, 6.07) is 8.92. The molecule has 2 aromatic carbocycles. The third kappa shape index (κ3) is 4.00. The molecule has 3 N–H and O–H groups in total. The van der Waals surface area contributed by atoms with Gasteiger partial charge in [-0.05, 0) is 48.6 Å². The van der Waals surface area contributed by atoms with Gasteiger partial charge < -0.3 is 10.6 Å². The third-order valence-electron chi connectivity index (χ3n) is 4.99. The van der Waals surface area contributed by atoms with Crippen molar-refractivity contribution in [1.82, 2.24) is 4.90 Å². The van der Waals surface area contributed by atoms with E-state index in [1.807, 2.05) is 0 Å². The van der Waals surface area contributed by atoms with Crippen molar-refractivity contribution in [2.24, 2.45) is 0 Å². The Morgan fingerprint density at radius 3 is 2.39 bits per heavy atom. The number of halogens is 4. The van der Waals surface area contributed by atoms with E-state index in [4.69, 9.17) is 11.1 Å². The second-order valence-corrected chi connectivity index (χ2v) is 6.76. The summed E-state index contributed by atoms with van der Waals surface area (Å²) in [5.41, 5.74) is 5.01. The van der Waals surface area contributed by atoms with E-state index in [0.717, 1.165) is 18.2 Å². The SMILES string of the molecule is N=C(C(=O)N1CCC(c2ccccc2C(F)(F)F)CC1)c1cc(F)ccc1N. The Labute approximate surface area is 159 Å². The maximum atomic E-state index is 13.4. The summed E-state index contributed by atoms with van der Waals surface area (Å²) >= 11 is 0. The molecule has 1 heterocycles. The third-order valence-corrected chi connectivity index (χ3v) is 4.99. The summed E-state index contributed by atoms with van der Waals surface area (Å²) in [5, 5.41) is 8.05. The first-order valence-electron chi connectivity index (χ1n) is 8.78. The number of nitrogens with two attached hydrogens (primary N) is 1. The van der Waals surface area contributed by atoms with E-state index in [2.05, 4.69) is 0 Å². The molecule has 4 nitrogen and oxygen atoms in total. The molecular weight excluding hydrogens is 374 g/mol. The number of benzene rings is 2. The number of carbonyl (C=O) groups is 1. The fraction of sp³-hybridized carbons (Fsp3) is 0.300. The van der Waals surface area contributed by atoms with Gasteiger partial charge in [0.15, 0.2) is 0 Å². The predicted molar refractivity (Wildman–Crippen MR) is 97.6 cm³/mol. The minimum atomic E-state index is -4.43. The van der Waals surface area contributed by atoms with Crippen LogP contribution < -0.4 is 5.73 Å². The lowest BCUT2D eigenvalue weighted by atomic mass is 9.86. The average Bonchev–Trinajstić information content (AvgIpc) is 2.68. The molecule has 0 spiro atoms. The number of nitrogen functional groups attached to an aromatic ring is 1. The van der Waals surface area contributed by atoms with Gasteiger partial charge in [0.2, 0.25) is 0 Å². The number of amides is 1. The maximum absolute atomic E-state index is 13.4. The highest BCUT2D eigenvalue weighted by atomic mass is 19.4. The van der Waals surface area contributed by atoms with Gasteiger partial charge in [-0.15, -0.1) is 0 Å². The number of piperidine rings is 1. The number of nitrogens with one attached hydrogen (secondary N) is 1. The van der Waals surface area contributed by atoms with Gasteiger partial charge >= 0.3 is 6.18 Å². The van der Waals surface area contributed by atoms with E-state index in [9.17, 15) is 22.4 Å². The minimum absolute atomic E-state index is 0.00883. The molecule has 0 unspecified atom stereocenters. The van der Waals surface area contributed by atoms with Crippen molar-refractivity contribution in [2.45, 2.75) is 24.9 Å². The first-order valence-corrected chi connectivity index (χ1v) is 8.78. The van der Waals surface area contributed by atoms with Crippen LogP contribution in [0.2, 0.25) is 0 Å². The normalized spacial score (nSPS) is 15.5. The van der Waals surface area contributed by atoms with Gasteiger partial charge in [0.1, 0.15) is 11.5 Å². The highest BCUT2D eigenvalue weighted by Crippen LogP contribution is 2.38. The molecule has 1 amide bonds. The predicted octanol–water partition coefficient (Wildman–Crippen LogP) is 4.20. The van der Waals surface area contributed by atoms with Gasteiger partial charge in [-0.2, -0.15) is 13.2 Å². The number of carbonyl (C=O) groups excluding carboxylic acids is 1. The van der Waals surface area contributed by atoms with Crippen LogP contribution >= 0.6 is 0 Å². The number of anilines is 1. The van der Waals surface area contributed by atoms with Crippen molar-refractivity contribution in [3.63, 3.8) is 0 Å². The van der Waals surface area contributed by atoms with E-state index in [1.165, 1.54) is 23.1 Å². The monoisotopic (exact) mass is 393 g/mol. The zero-order chi connectivity index (χ0) is 20.5. The molecule has 8 heteroatoms. The molecule has 0 atom stereocenters. The molecule has 3 rings (SSSR count). The second-order valence-electron chi connectivity index (χ2n) is 6.76. The van der Waals surface area contributed by atoms with Gasteiger partial charge in [0.25, 0.3) is 5.91 Å². The Kier molecular flexibility index (Phi) is 5.40. The minimum Gasteiger partial charge on any atom is -0.398 e. The summed E-state index contributed by atoms with van der Waals surface area (Å²) in [6.45, 7) is 0.431. The molecule has 1 fully saturated rings. The zero-order valence-electron chi connectivity index (χ0n) is 14.9. The van der Waals surface area contributed by atoms with Crippen molar-refractivity contribution in [1.29, 1.82) is 5.41 Å². The number of rotatable bonds is 3. The van der Waals surface area contributed by atoms with Crippen molar-refractivity contribution >= 4 is 17.3 Å². The lowest BCUT2D eigenvalue weighted by molar-refractivity contribution is -0.138. The first-order chi connectivity index (χ1) is 13.2. The van der Waals surface area contributed by atoms with Crippen LogP contribution in [0.4, 0.5) is 23.2 Å². The fourth-order valence-corrected chi connectivity index (χ4v) is 3.52. The van der Waals surface area contributed by atoms with Crippen molar-refractivity contribution in [3.05, 3.63) is 65.0 Å². The number of nitrogens with zero attached hydrogens (tertiary/aromatic N) is 1. The molecule has 1 saturated heterocycles. The number of alkyl halides is 3. The van der Waals surface area contributed by atoms with Crippen LogP contribution in [-0.4, -0.2) is 29.6 Å². The Balaban J connectivity index is 1.72. The smallest absolute Gasteiger partial charge is 0.398 e. The molecule has 148 valence electrons. The second kappa shape index (κ2) is 7.61. The average molecular weight is 393 g/mol. The van der Waals surface area contributed by atoms with Crippen LogP contribution in [0, 0.1) is 11.2 Å². The van der Waals surface area contributed by atoms with E-state index in [0.29, 0.717) is 12.8 Å². The van der Waals surface area contributed by atoms with Crippen LogP contribution in [0.25, 0.3) is 0 Å². The van der Waals surface area contributed by atoms with Crippen molar-refractivity contribution in [3.8, 4) is 0 Å². The molecule has 0 radical (unpaired) electrons. The topological polar surface area (TPSA) is 70.2 Å². The summed E-state index contributed by atoms with van der Waals surface area (Å²) in [5.74, 6) is -1.54. The van der Waals surface area contributed by atoms with E-state index in [-0.39, 0.29) is 35.8 Å². The molecule has 0 saturated carbocycles. The highest BCUT2D eigenvalue weighted by molar-refractivity contribution is 6.45.